The van der Waals surface area contributed by atoms with Gasteiger partial charge in [-0.25, -0.2) is 0 Å². The minimum Gasteiger partial charge on any atom is -0.506 e. The molecule has 0 unspecified atom stereocenters. The fourth-order valence-corrected chi connectivity index (χ4v) is 1.72. The van der Waals surface area contributed by atoms with E-state index in [1.54, 1.807) is 6.07 Å². The molecule has 84 valence electrons. The van der Waals surface area contributed by atoms with Gasteiger partial charge in [-0.05, 0) is 25.5 Å². The lowest BCUT2D eigenvalue weighted by atomic mass is 10.2. The molecule has 1 atom stereocenters. The lowest BCUT2D eigenvalue weighted by Gasteiger charge is -2.13. The molecule has 0 bridgehead atoms. The summed E-state index contributed by atoms with van der Waals surface area (Å²) in [7, 11) is 0. The molecule has 0 aliphatic heterocycles. The first-order valence-electron chi connectivity index (χ1n) is 4.94. The molecule has 0 radical (unpaired) electrons. The first-order valence-corrected chi connectivity index (χ1v) is 5.70. The summed E-state index contributed by atoms with van der Waals surface area (Å²) >= 11 is 11.7. The SMILES string of the molecule is CC[C@H](C)NCc1cc(Cl)cc(Cl)c1O. The van der Waals surface area contributed by atoms with Crippen molar-refractivity contribution in [3.8, 4) is 5.75 Å². The van der Waals surface area contributed by atoms with E-state index in [4.69, 9.17) is 23.2 Å². The number of rotatable bonds is 4. The van der Waals surface area contributed by atoms with Crippen LogP contribution in [0.5, 0.6) is 5.75 Å². The van der Waals surface area contributed by atoms with Gasteiger partial charge < -0.3 is 10.4 Å². The number of hydrogen-bond donors (Lipinski definition) is 2. The van der Waals surface area contributed by atoms with Gasteiger partial charge in [0.1, 0.15) is 5.75 Å². The lowest BCUT2D eigenvalue weighted by molar-refractivity contribution is 0.458. The van der Waals surface area contributed by atoms with Crippen LogP contribution in [-0.4, -0.2) is 11.1 Å². The predicted molar refractivity (Wildman–Crippen MR) is 64.7 cm³/mol. The van der Waals surface area contributed by atoms with Crippen molar-refractivity contribution in [1.82, 2.24) is 5.32 Å². The highest BCUT2D eigenvalue weighted by molar-refractivity contribution is 6.35. The van der Waals surface area contributed by atoms with Crippen molar-refractivity contribution < 1.29 is 5.11 Å². The molecule has 1 aromatic carbocycles. The van der Waals surface area contributed by atoms with E-state index in [1.807, 2.05) is 0 Å². The second kappa shape index (κ2) is 5.59. The van der Waals surface area contributed by atoms with Crippen molar-refractivity contribution in [3.05, 3.63) is 27.7 Å². The molecule has 0 aliphatic rings. The molecule has 1 aromatic rings. The number of aromatic hydroxyl groups is 1. The maximum atomic E-state index is 9.68. The maximum Gasteiger partial charge on any atom is 0.138 e. The van der Waals surface area contributed by atoms with E-state index in [9.17, 15) is 5.11 Å². The molecule has 0 saturated heterocycles. The molecule has 0 saturated carbocycles. The first-order chi connectivity index (χ1) is 7.04. The number of phenolic OH excluding ortho intramolecular Hbond substituents is 1. The first kappa shape index (κ1) is 12.6. The average molecular weight is 248 g/mol. The van der Waals surface area contributed by atoms with Gasteiger partial charge >= 0.3 is 0 Å². The van der Waals surface area contributed by atoms with Crippen molar-refractivity contribution in [2.45, 2.75) is 32.9 Å². The molecule has 0 aliphatic carbocycles. The third kappa shape index (κ3) is 3.56. The molecular formula is C11H15Cl2NO. The Kier molecular flexibility index (Phi) is 4.71. The van der Waals surface area contributed by atoms with Crippen molar-refractivity contribution in [1.29, 1.82) is 0 Å². The Morgan fingerprint density at radius 2 is 2.07 bits per heavy atom. The summed E-state index contributed by atoms with van der Waals surface area (Å²) in [6.07, 6.45) is 1.04. The van der Waals surface area contributed by atoms with E-state index >= 15 is 0 Å². The highest BCUT2D eigenvalue weighted by Gasteiger charge is 2.08. The van der Waals surface area contributed by atoms with E-state index < -0.39 is 0 Å². The number of nitrogens with one attached hydrogen (secondary N) is 1. The maximum absolute atomic E-state index is 9.68. The molecule has 0 spiro atoms. The van der Waals surface area contributed by atoms with Gasteiger partial charge in [0.05, 0.1) is 5.02 Å². The van der Waals surface area contributed by atoms with Crippen molar-refractivity contribution >= 4 is 23.2 Å². The van der Waals surface area contributed by atoms with Crippen molar-refractivity contribution in [2.24, 2.45) is 0 Å². The summed E-state index contributed by atoms with van der Waals surface area (Å²) in [6.45, 7) is 4.76. The van der Waals surface area contributed by atoms with E-state index in [0.717, 1.165) is 12.0 Å². The number of hydrogen-bond acceptors (Lipinski definition) is 2. The molecular weight excluding hydrogens is 233 g/mol. The minimum absolute atomic E-state index is 0.108. The van der Waals surface area contributed by atoms with E-state index in [0.29, 0.717) is 22.6 Å². The smallest absolute Gasteiger partial charge is 0.138 e. The fraction of sp³-hybridized carbons (Fsp3) is 0.455. The monoisotopic (exact) mass is 247 g/mol. The van der Waals surface area contributed by atoms with E-state index in [-0.39, 0.29) is 5.75 Å². The molecule has 0 amide bonds. The summed E-state index contributed by atoms with van der Waals surface area (Å²) in [5.74, 6) is 0.108. The van der Waals surface area contributed by atoms with Gasteiger partial charge in [-0.15, -0.1) is 0 Å². The topological polar surface area (TPSA) is 32.3 Å². The van der Waals surface area contributed by atoms with Crippen molar-refractivity contribution in [3.63, 3.8) is 0 Å². The van der Waals surface area contributed by atoms with Crippen LogP contribution in [0, 0.1) is 0 Å². The number of halogens is 2. The Bertz CT molecular complexity index is 342. The summed E-state index contributed by atoms with van der Waals surface area (Å²) in [5, 5.41) is 13.8. The Hall–Kier alpha value is -0.440. The molecule has 0 aromatic heterocycles. The second-order valence-corrected chi connectivity index (χ2v) is 4.43. The van der Waals surface area contributed by atoms with Gasteiger partial charge in [-0.2, -0.15) is 0 Å². The summed E-state index contributed by atoms with van der Waals surface area (Å²) < 4.78 is 0. The lowest BCUT2D eigenvalue weighted by Crippen LogP contribution is -2.24. The third-order valence-electron chi connectivity index (χ3n) is 2.36. The molecule has 2 nitrogen and oxygen atoms in total. The van der Waals surface area contributed by atoms with Gasteiger partial charge in [-0.1, -0.05) is 30.1 Å². The highest BCUT2D eigenvalue weighted by atomic mass is 35.5. The van der Waals surface area contributed by atoms with Crippen LogP contribution in [0.3, 0.4) is 0 Å². The van der Waals surface area contributed by atoms with Crippen LogP contribution < -0.4 is 5.32 Å². The van der Waals surface area contributed by atoms with Gasteiger partial charge in [-0.3, -0.25) is 0 Å². The van der Waals surface area contributed by atoms with Gasteiger partial charge in [0, 0.05) is 23.2 Å². The van der Waals surface area contributed by atoms with Crippen LogP contribution in [0.25, 0.3) is 0 Å². The van der Waals surface area contributed by atoms with Crippen molar-refractivity contribution in [2.75, 3.05) is 0 Å². The second-order valence-electron chi connectivity index (χ2n) is 3.59. The van der Waals surface area contributed by atoms with Crippen LogP contribution in [0.1, 0.15) is 25.8 Å². The summed E-state index contributed by atoms with van der Waals surface area (Å²) in [5.41, 5.74) is 0.729. The largest absolute Gasteiger partial charge is 0.506 e. The molecule has 0 fully saturated rings. The van der Waals surface area contributed by atoms with Gasteiger partial charge in [0.15, 0.2) is 0 Å². The highest BCUT2D eigenvalue weighted by Crippen LogP contribution is 2.30. The summed E-state index contributed by atoms with van der Waals surface area (Å²) in [4.78, 5) is 0. The predicted octanol–water partition coefficient (Wildman–Crippen LogP) is 3.59. The van der Waals surface area contributed by atoms with Crippen LogP contribution in [0.2, 0.25) is 10.0 Å². The Labute approximate surface area is 100 Å². The molecule has 1 rings (SSSR count). The van der Waals surface area contributed by atoms with Gasteiger partial charge in [0.25, 0.3) is 0 Å². The van der Waals surface area contributed by atoms with Crippen LogP contribution in [0.4, 0.5) is 0 Å². The summed E-state index contributed by atoms with van der Waals surface area (Å²) in [6, 6.07) is 3.66. The number of benzene rings is 1. The number of phenols is 1. The Morgan fingerprint density at radius 3 is 2.67 bits per heavy atom. The van der Waals surface area contributed by atoms with E-state index in [2.05, 4.69) is 19.2 Å². The molecule has 15 heavy (non-hydrogen) atoms. The van der Waals surface area contributed by atoms with Gasteiger partial charge in [0.2, 0.25) is 0 Å². The zero-order chi connectivity index (χ0) is 11.4. The zero-order valence-electron chi connectivity index (χ0n) is 8.85. The molecule has 4 heteroatoms. The zero-order valence-corrected chi connectivity index (χ0v) is 10.4. The minimum atomic E-state index is 0.108. The van der Waals surface area contributed by atoms with E-state index in [1.165, 1.54) is 6.07 Å². The molecule has 0 heterocycles. The average Bonchev–Trinajstić information content (AvgIpc) is 2.20. The van der Waals surface area contributed by atoms with Crippen LogP contribution >= 0.6 is 23.2 Å². The van der Waals surface area contributed by atoms with Crippen LogP contribution in [-0.2, 0) is 6.54 Å². The van der Waals surface area contributed by atoms with Crippen LogP contribution in [0.15, 0.2) is 12.1 Å². The Morgan fingerprint density at radius 1 is 1.40 bits per heavy atom. The third-order valence-corrected chi connectivity index (χ3v) is 2.87. The Balaban J connectivity index is 2.76. The fourth-order valence-electron chi connectivity index (χ4n) is 1.18. The normalized spacial score (nSPS) is 12.8. The molecule has 2 N–H and O–H groups in total. The standard InChI is InChI=1S/C11H15Cl2NO/c1-3-7(2)14-6-8-4-9(12)5-10(13)11(8)15/h4-5,7,14-15H,3,6H2,1-2H3/t7-/m0/s1. The quantitative estimate of drug-likeness (QED) is 0.853.